The molecule has 1 fully saturated rings. The molecule has 170 valence electrons. The lowest BCUT2D eigenvalue weighted by Crippen LogP contribution is -2.49. The Kier molecular flexibility index (Phi) is 6.47. The van der Waals surface area contributed by atoms with Crippen molar-refractivity contribution in [1.82, 2.24) is 14.9 Å². The maximum atomic E-state index is 12.7. The van der Waals surface area contributed by atoms with Crippen molar-refractivity contribution in [3.8, 4) is 0 Å². The number of piperazine rings is 1. The smallest absolute Gasteiger partial charge is 0.375 e. The highest BCUT2D eigenvalue weighted by Crippen LogP contribution is 2.31. The zero-order chi connectivity index (χ0) is 22.7. The van der Waals surface area contributed by atoms with Crippen LogP contribution in [0.3, 0.4) is 0 Å². The molecule has 7 nitrogen and oxygen atoms in total. The van der Waals surface area contributed by atoms with Crippen LogP contribution in [0.4, 0.5) is 29.8 Å². The number of halogens is 3. The van der Waals surface area contributed by atoms with Crippen LogP contribution in [0.15, 0.2) is 36.5 Å². The minimum absolute atomic E-state index is 0.0153. The fourth-order valence-corrected chi connectivity index (χ4v) is 4.52. The topological polar surface area (TPSA) is 70.6 Å². The van der Waals surface area contributed by atoms with Gasteiger partial charge in [-0.25, -0.2) is 9.97 Å². The third-order valence-corrected chi connectivity index (χ3v) is 6.03. The quantitative estimate of drug-likeness (QED) is 0.597. The number of hydrogen-bond acceptors (Lipinski definition) is 7. The van der Waals surface area contributed by atoms with Crippen molar-refractivity contribution in [2.24, 2.45) is 0 Å². The number of amides is 1. The summed E-state index contributed by atoms with van der Waals surface area (Å²) in [7, 11) is 1.51. The van der Waals surface area contributed by atoms with E-state index < -0.39 is 12.6 Å². The molecule has 0 bridgehead atoms. The van der Waals surface area contributed by atoms with Crippen molar-refractivity contribution in [3.63, 3.8) is 0 Å². The van der Waals surface area contributed by atoms with Gasteiger partial charge in [0.25, 0.3) is 0 Å². The number of alkyl halides is 3. The first kappa shape index (κ1) is 22.3. The van der Waals surface area contributed by atoms with Gasteiger partial charge in [-0.3, -0.25) is 4.79 Å². The number of pyridine rings is 1. The molecule has 0 unspecified atom stereocenters. The summed E-state index contributed by atoms with van der Waals surface area (Å²) in [5.41, 5.74) is 1.81. The molecule has 4 rings (SSSR count). The molecule has 0 saturated carbocycles. The van der Waals surface area contributed by atoms with Gasteiger partial charge in [0.05, 0.1) is 16.6 Å². The molecule has 0 aliphatic carbocycles. The van der Waals surface area contributed by atoms with E-state index in [0.29, 0.717) is 47.3 Å². The second-order valence-corrected chi connectivity index (χ2v) is 8.47. The van der Waals surface area contributed by atoms with Crippen molar-refractivity contribution in [1.29, 1.82) is 0 Å². The zero-order valence-corrected chi connectivity index (χ0v) is 18.2. The van der Waals surface area contributed by atoms with Crippen LogP contribution in [-0.2, 0) is 16.0 Å². The van der Waals surface area contributed by atoms with Crippen molar-refractivity contribution in [2.45, 2.75) is 12.6 Å². The number of hydrogen-bond donors (Lipinski definition) is 1. The summed E-state index contributed by atoms with van der Waals surface area (Å²) in [6.07, 6.45) is -3.52. The molecule has 0 spiro atoms. The van der Waals surface area contributed by atoms with Crippen LogP contribution < -0.4 is 10.2 Å². The van der Waals surface area contributed by atoms with Gasteiger partial charge in [0.15, 0.2) is 5.13 Å². The van der Waals surface area contributed by atoms with E-state index >= 15 is 0 Å². The van der Waals surface area contributed by atoms with Crippen LogP contribution in [0.2, 0.25) is 0 Å². The van der Waals surface area contributed by atoms with Crippen molar-refractivity contribution in [3.05, 3.63) is 42.1 Å². The summed E-state index contributed by atoms with van der Waals surface area (Å²) in [4.78, 5) is 24.7. The summed E-state index contributed by atoms with van der Waals surface area (Å²) in [5, 5.41) is 3.71. The molecule has 1 aromatic carbocycles. The number of carbonyl (C=O) groups is 1. The number of rotatable bonds is 6. The number of fused-ring (bicyclic) bond motifs is 1. The fourth-order valence-electron chi connectivity index (χ4n) is 3.59. The Balaban J connectivity index is 1.43. The number of anilines is 3. The lowest BCUT2D eigenvalue weighted by molar-refractivity contribution is -0.135. The minimum Gasteiger partial charge on any atom is -0.375 e. The first-order chi connectivity index (χ1) is 15.3. The first-order valence-electron chi connectivity index (χ1n) is 10.0. The molecule has 1 N–H and O–H groups in total. The Morgan fingerprint density at radius 1 is 1.19 bits per heavy atom. The maximum Gasteiger partial charge on any atom is 0.393 e. The zero-order valence-electron chi connectivity index (χ0n) is 17.4. The molecule has 1 aliphatic heterocycles. The average Bonchev–Trinajstić information content (AvgIpc) is 3.14. The standard InChI is InChI=1S/C21H22F3N5O2S/c1-31-13-19(30)29-8-6-28(7-9-29)15-4-5-25-18(11-15)27-20-26-16-3-2-14(10-17(16)32-20)12-21(22,23)24/h2-5,10-11H,6-9,12-13H2,1H3,(H,25,26,27). The Labute approximate surface area is 186 Å². The van der Waals surface area contributed by atoms with E-state index in [0.717, 1.165) is 5.69 Å². The summed E-state index contributed by atoms with van der Waals surface area (Å²) in [6, 6.07) is 8.38. The second kappa shape index (κ2) is 9.29. The summed E-state index contributed by atoms with van der Waals surface area (Å²) in [6.45, 7) is 2.71. The van der Waals surface area contributed by atoms with E-state index in [-0.39, 0.29) is 18.1 Å². The van der Waals surface area contributed by atoms with E-state index in [1.54, 1.807) is 17.2 Å². The summed E-state index contributed by atoms with van der Waals surface area (Å²) >= 11 is 1.28. The lowest BCUT2D eigenvalue weighted by atomic mass is 10.1. The molecular weight excluding hydrogens is 443 g/mol. The number of nitrogens with one attached hydrogen (secondary N) is 1. The van der Waals surface area contributed by atoms with Crippen LogP contribution in [-0.4, -0.2) is 66.8 Å². The summed E-state index contributed by atoms with van der Waals surface area (Å²) < 4.78 is 43.6. The number of thiazole rings is 1. The van der Waals surface area contributed by atoms with Gasteiger partial charge in [0, 0.05) is 51.2 Å². The third-order valence-electron chi connectivity index (χ3n) is 5.10. The molecule has 2 aromatic heterocycles. The number of aromatic nitrogens is 2. The third kappa shape index (κ3) is 5.46. The van der Waals surface area contributed by atoms with Gasteiger partial charge < -0.3 is 19.9 Å². The Morgan fingerprint density at radius 3 is 2.69 bits per heavy atom. The second-order valence-electron chi connectivity index (χ2n) is 7.44. The highest BCUT2D eigenvalue weighted by Gasteiger charge is 2.27. The Morgan fingerprint density at radius 2 is 1.97 bits per heavy atom. The van der Waals surface area contributed by atoms with Crippen molar-refractivity contribution >= 4 is 44.1 Å². The van der Waals surface area contributed by atoms with Crippen molar-refractivity contribution in [2.75, 3.05) is 50.1 Å². The van der Waals surface area contributed by atoms with Crippen LogP contribution in [0.1, 0.15) is 5.56 Å². The van der Waals surface area contributed by atoms with E-state index in [2.05, 4.69) is 20.2 Å². The summed E-state index contributed by atoms with van der Waals surface area (Å²) in [5.74, 6) is 0.577. The van der Waals surface area contributed by atoms with Crippen molar-refractivity contribution < 1.29 is 22.7 Å². The highest BCUT2D eigenvalue weighted by atomic mass is 32.1. The minimum atomic E-state index is -4.24. The number of benzene rings is 1. The molecule has 11 heteroatoms. The molecule has 0 atom stereocenters. The number of methoxy groups -OCH3 is 1. The van der Waals surface area contributed by atoms with Gasteiger partial charge in [0.2, 0.25) is 5.91 Å². The largest absolute Gasteiger partial charge is 0.393 e. The van der Waals surface area contributed by atoms with Gasteiger partial charge in [-0.2, -0.15) is 13.2 Å². The number of ether oxygens (including phenoxy) is 1. The normalized spacial score (nSPS) is 14.8. The molecule has 0 radical (unpaired) electrons. The van der Waals surface area contributed by atoms with E-state index in [4.69, 9.17) is 4.74 Å². The maximum absolute atomic E-state index is 12.7. The highest BCUT2D eigenvalue weighted by molar-refractivity contribution is 7.22. The van der Waals surface area contributed by atoms with Gasteiger partial charge in [0.1, 0.15) is 12.4 Å². The van der Waals surface area contributed by atoms with E-state index in [1.807, 2.05) is 12.1 Å². The van der Waals surface area contributed by atoms with E-state index in [1.165, 1.54) is 30.6 Å². The van der Waals surface area contributed by atoms with Gasteiger partial charge in [-0.1, -0.05) is 17.4 Å². The molecule has 1 saturated heterocycles. The first-order valence-corrected chi connectivity index (χ1v) is 10.8. The number of carbonyl (C=O) groups excluding carboxylic acids is 1. The van der Waals surface area contributed by atoms with Crippen LogP contribution >= 0.6 is 11.3 Å². The fraction of sp³-hybridized carbons (Fsp3) is 0.381. The molecule has 1 aliphatic rings. The predicted molar refractivity (Wildman–Crippen MR) is 118 cm³/mol. The van der Waals surface area contributed by atoms with E-state index in [9.17, 15) is 18.0 Å². The SMILES string of the molecule is COCC(=O)N1CCN(c2ccnc(Nc3nc4ccc(CC(F)(F)F)cc4s3)c2)CC1. The predicted octanol–water partition coefficient (Wildman–Crippen LogP) is 3.83. The Bertz CT molecular complexity index is 1100. The molecule has 1 amide bonds. The average molecular weight is 466 g/mol. The van der Waals surface area contributed by atoms with Gasteiger partial charge in [-0.05, 0) is 23.8 Å². The molecule has 32 heavy (non-hydrogen) atoms. The number of nitrogens with zero attached hydrogens (tertiary/aromatic N) is 4. The monoisotopic (exact) mass is 465 g/mol. The van der Waals surface area contributed by atoms with Crippen LogP contribution in [0.25, 0.3) is 10.2 Å². The molecule has 3 heterocycles. The molecular formula is C21H22F3N5O2S. The lowest BCUT2D eigenvalue weighted by Gasteiger charge is -2.36. The van der Waals surface area contributed by atoms with Crippen LogP contribution in [0.5, 0.6) is 0 Å². The molecule has 3 aromatic rings. The Hall–Kier alpha value is -2.92. The van der Waals surface area contributed by atoms with Gasteiger partial charge in [-0.15, -0.1) is 0 Å². The van der Waals surface area contributed by atoms with Gasteiger partial charge >= 0.3 is 6.18 Å². The van der Waals surface area contributed by atoms with Crippen LogP contribution in [0, 0.1) is 0 Å².